The van der Waals surface area contributed by atoms with Gasteiger partial charge < -0.3 is 19.6 Å². The number of morpholine rings is 1. The fourth-order valence-corrected chi connectivity index (χ4v) is 5.15. The summed E-state index contributed by atoms with van der Waals surface area (Å²) in [5, 5.41) is 9.33. The van der Waals surface area contributed by atoms with E-state index in [0.29, 0.717) is 38.5 Å². The van der Waals surface area contributed by atoms with Gasteiger partial charge in [-0.05, 0) is 43.7 Å². The molecule has 7 nitrogen and oxygen atoms in total. The molecule has 2 saturated heterocycles. The Morgan fingerprint density at radius 2 is 1.86 bits per heavy atom. The van der Waals surface area contributed by atoms with E-state index in [-0.39, 0.29) is 12.6 Å². The van der Waals surface area contributed by atoms with Crippen molar-refractivity contribution in [1.29, 1.82) is 0 Å². The fourth-order valence-electron chi connectivity index (χ4n) is 5.15. The number of hydrogen-bond donors (Lipinski definition) is 1. The molecule has 1 aromatic heterocycles. The van der Waals surface area contributed by atoms with Crippen molar-refractivity contribution < 1.29 is 18.6 Å². The van der Waals surface area contributed by atoms with Crippen LogP contribution in [0.4, 0.5) is 20.3 Å². The number of nitrogens with zero attached hydrogens (tertiary/aromatic N) is 5. The summed E-state index contributed by atoms with van der Waals surface area (Å²) in [4.78, 5) is 16.1. The second kappa shape index (κ2) is 10.4. The number of fused-ring (bicyclic) bond motifs is 1. The van der Waals surface area contributed by atoms with E-state index in [9.17, 15) is 13.9 Å². The van der Waals surface area contributed by atoms with Gasteiger partial charge in [-0.15, -0.1) is 0 Å². The van der Waals surface area contributed by atoms with E-state index in [1.54, 1.807) is 0 Å². The SMILES string of the molecule is CN(CCO)Cc1cc(C2CCCN2c2cc(F)cc(F)c2)c2nc(N3CCOCC3)cnc2c1. The fraction of sp³-hybridized carbons (Fsp3) is 0.462. The number of hydrogen-bond acceptors (Lipinski definition) is 7. The van der Waals surface area contributed by atoms with Gasteiger partial charge in [0.1, 0.15) is 17.5 Å². The molecular formula is C26H31F2N5O2. The monoisotopic (exact) mass is 483 g/mol. The van der Waals surface area contributed by atoms with Gasteiger partial charge in [0.15, 0.2) is 0 Å². The number of likely N-dealkylation sites (N-methyl/N-ethyl adjacent to an activating group) is 1. The predicted octanol–water partition coefficient (Wildman–Crippen LogP) is 3.51. The molecule has 0 radical (unpaired) electrons. The molecule has 3 heterocycles. The molecule has 1 N–H and O–H groups in total. The molecule has 0 bridgehead atoms. The summed E-state index contributed by atoms with van der Waals surface area (Å²) in [6.07, 6.45) is 3.58. The zero-order valence-corrected chi connectivity index (χ0v) is 20.0. The lowest BCUT2D eigenvalue weighted by molar-refractivity contribution is 0.122. The van der Waals surface area contributed by atoms with E-state index in [2.05, 4.69) is 20.8 Å². The molecule has 0 aliphatic carbocycles. The third-order valence-corrected chi connectivity index (χ3v) is 6.78. The molecule has 0 saturated carbocycles. The Morgan fingerprint density at radius 3 is 2.60 bits per heavy atom. The van der Waals surface area contributed by atoms with Crippen molar-refractivity contribution in [2.45, 2.75) is 25.4 Å². The van der Waals surface area contributed by atoms with E-state index < -0.39 is 11.6 Å². The van der Waals surface area contributed by atoms with Crippen molar-refractivity contribution in [3.8, 4) is 0 Å². The van der Waals surface area contributed by atoms with Crippen molar-refractivity contribution in [3.05, 3.63) is 59.3 Å². The predicted molar refractivity (Wildman–Crippen MR) is 132 cm³/mol. The van der Waals surface area contributed by atoms with Crippen LogP contribution < -0.4 is 9.80 Å². The Morgan fingerprint density at radius 1 is 1.09 bits per heavy atom. The summed E-state index contributed by atoms with van der Waals surface area (Å²) in [6.45, 7) is 4.84. The minimum absolute atomic E-state index is 0.0731. The lowest BCUT2D eigenvalue weighted by Crippen LogP contribution is -2.36. The van der Waals surface area contributed by atoms with Gasteiger partial charge in [-0.1, -0.05) is 6.07 Å². The quantitative estimate of drug-likeness (QED) is 0.552. The summed E-state index contributed by atoms with van der Waals surface area (Å²) >= 11 is 0. The topological polar surface area (TPSA) is 65.0 Å². The summed E-state index contributed by atoms with van der Waals surface area (Å²) in [7, 11) is 1.96. The molecule has 0 amide bonds. The van der Waals surface area contributed by atoms with Crippen LogP contribution in [0.25, 0.3) is 11.0 Å². The molecule has 1 unspecified atom stereocenters. The highest BCUT2D eigenvalue weighted by Gasteiger charge is 2.30. The van der Waals surface area contributed by atoms with Gasteiger partial charge in [0.25, 0.3) is 0 Å². The van der Waals surface area contributed by atoms with Crippen LogP contribution in [-0.4, -0.2) is 73.0 Å². The number of aliphatic hydroxyl groups is 1. The minimum Gasteiger partial charge on any atom is -0.395 e. The number of halogens is 2. The first-order valence-electron chi connectivity index (χ1n) is 12.2. The van der Waals surface area contributed by atoms with E-state index in [0.717, 1.165) is 60.0 Å². The average Bonchev–Trinajstić information content (AvgIpc) is 3.33. The van der Waals surface area contributed by atoms with Gasteiger partial charge in [0.2, 0.25) is 0 Å². The van der Waals surface area contributed by atoms with Gasteiger partial charge in [0, 0.05) is 50.0 Å². The van der Waals surface area contributed by atoms with Crippen LogP contribution in [0.2, 0.25) is 0 Å². The summed E-state index contributed by atoms with van der Waals surface area (Å²) in [6, 6.07) is 7.81. The second-order valence-electron chi connectivity index (χ2n) is 9.32. The number of rotatable bonds is 7. The van der Waals surface area contributed by atoms with Crippen molar-refractivity contribution in [2.75, 3.05) is 62.8 Å². The highest BCUT2D eigenvalue weighted by molar-refractivity contribution is 5.81. The average molecular weight is 484 g/mol. The molecule has 9 heteroatoms. The third kappa shape index (κ3) is 5.22. The Labute approximate surface area is 203 Å². The summed E-state index contributed by atoms with van der Waals surface area (Å²) in [5.74, 6) is -0.345. The zero-order chi connectivity index (χ0) is 24.4. The highest BCUT2D eigenvalue weighted by Crippen LogP contribution is 2.39. The van der Waals surface area contributed by atoms with Crippen molar-refractivity contribution in [3.63, 3.8) is 0 Å². The molecule has 2 aliphatic rings. The van der Waals surface area contributed by atoms with E-state index in [1.165, 1.54) is 12.1 Å². The molecule has 1 atom stereocenters. The van der Waals surface area contributed by atoms with Gasteiger partial charge in [-0.3, -0.25) is 9.88 Å². The Balaban J connectivity index is 1.59. The van der Waals surface area contributed by atoms with Crippen LogP contribution in [-0.2, 0) is 11.3 Å². The number of anilines is 2. The van der Waals surface area contributed by atoms with Crippen LogP contribution in [0, 0.1) is 11.6 Å². The van der Waals surface area contributed by atoms with Crippen LogP contribution in [0.15, 0.2) is 36.5 Å². The maximum atomic E-state index is 14.1. The minimum atomic E-state index is -0.579. The molecule has 2 aliphatic heterocycles. The van der Waals surface area contributed by atoms with Crippen molar-refractivity contribution >= 4 is 22.5 Å². The summed E-state index contributed by atoms with van der Waals surface area (Å²) in [5.41, 5.74) is 4.23. The second-order valence-corrected chi connectivity index (χ2v) is 9.32. The largest absolute Gasteiger partial charge is 0.395 e. The molecule has 0 spiro atoms. The normalized spacial score (nSPS) is 18.7. The Hall–Kier alpha value is -2.88. The van der Waals surface area contributed by atoms with Gasteiger partial charge >= 0.3 is 0 Å². The zero-order valence-electron chi connectivity index (χ0n) is 20.0. The molecular weight excluding hydrogens is 452 g/mol. The van der Waals surface area contributed by atoms with Crippen LogP contribution >= 0.6 is 0 Å². The van der Waals surface area contributed by atoms with Crippen LogP contribution in [0.3, 0.4) is 0 Å². The van der Waals surface area contributed by atoms with E-state index >= 15 is 0 Å². The smallest absolute Gasteiger partial charge is 0.148 e. The van der Waals surface area contributed by atoms with Crippen molar-refractivity contribution in [1.82, 2.24) is 14.9 Å². The van der Waals surface area contributed by atoms with Gasteiger partial charge in [-0.2, -0.15) is 0 Å². The Kier molecular flexibility index (Phi) is 7.08. The van der Waals surface area contributed by atoms with Gasteiger partial charge in [-0.25, -0.2) is 13.8 Å². The van der Waals surface area contributed by atoms with Crippen LogP contribution in [0.5, 0.6) is 0 Å². The molecule has 3 aromatic rings. The maximum Gasteiger partial charge on any atom is 0.148 e. The first-order valence-corrected chi connectivity index (χ1v) is 12.2. The highest BCUT2D eigenvalue weighted by atomic mass is 19.1. The number of benzene rings is 2. The molecule has 2 aromatic carbocycles. The van der Waals surface area contributed by atoms with Crippen LogP contribution in [0.1, 0.15) is 30.0 Å². The molecule has 186 valence electrons. The standard InChI is InChI=1S/C26H31F2N5O2/c1-31(5-8-34)17-18-11-22(24-3-2-4-33(24)21-14-19(27)13-20(28)15-21)26-23(12-18)29-16-25(30-26)32-6-9-35-10-7-32/h11-16,24,34H,2-10,17H2,1H3. The van der Waals surface area contributed by atoms with E-state index in [1.807, 2.05) is 19.3 Å². The van der Waals surface area contributed by atoms with Crippen molar-refractivity contribution in [2.24, 2.45) is 0 Å². The van der Waals surface area contributed by atoms with E-state index in [4.69, 9.17) is 14.7 Å². The lowest BCUT2D eigenvalue weighted by Gasteiger charge is -2.30. The molecule has 2 fully saturated rings. The molecule has 35 heavy (non-hydrogen) atoms. The first-order chi connectivity index (χ1) is 17.0. The third-order valence-electron chi connectivity index (χ3n) is 6.78. The molecule has 5 rings (SSSR count). The van der Waals surface area contributed by atoms with Gasteiger partial charge in [0.05, 0.1) is 43.1 Å². The maximum absolute atomic E-state index is 14.1. The number of aliphatic hydroxyl groups excluding tert-OH is 1. The summed E-state index contributed by atoms with van der Waals surface area (Å²) < 4.78 is 33.6. The lowest BCUT2D eigenvalue weighted by atomic mass is 9.98. The number of ether oxygens (including phenoxy) is 1. The first kappa shape index (κ1) is 23.8. The Bertz CT molecular complexity index is 1170. The number of aromatic nitrogens is 2.